The minimum Gasteiger partial charge on any atom is -0.508 e. The van der Waals surface area contributed by atoms with Gasteiger partial charge in [0.1, 0.15) is 5.76 Å². The van der Waals surface area contributed by atoms with Gasteiger partial charge in [0.2, 0.25) is 0 Å². The summed E-state index contributed by atoms with van der Waals surface area (Å²) in [6.07, 6.45) is 3.61. The minimum absolute atomic E-state index is 0.121. The largest absolute Gasteiger partial charge is 0.508 e. The lowest BCUT2D eigenvalue weighted by Crippen LogP contribution is -1.96. The van der Waals surface area contributed by atoms with Crippen LogP contribution in [0.4, 0.5) is 0 Å². The molecule has 0 aliphatic rings. The lowest BCUT2D eigenvalue weighted by atomic mass is 10.2. The first-order valence-corrected chi connectivity index (χ1v) is 3.79. The van der Waals surface area contributed by atoms with E-state index in [1.54, 1.807) is 6.92 Å². The van der Waals surface area contributed by atoms with Crippen LogP contribution in [0.1, 0.15) is 13.3 Å². The standard InChI is InChI=1S/C9H12O4/c1-3-7(10)4-5-8(11)6-9(12)13-2/h4-6,11H,3H2,1-2H3/b5-4+,8-6-. The van der Waals surface area contributed by atoms with Crippen LogP contribution in [0, 0.1) is 0 Å². The molecule has 4 heteroatoms. The first-order valence-electron chi connectivity index (χ1n) is 3.79. The third-order valence-corrected chi connectivity index (χ3v) is 1.26. The van der Waals surface area contributed by atoms with Crippen molar-refractivity contribution in [3.05, 3.63) is 24.0 Å². The van der Waals surface area contributed by atoms with Crippen LogP contribution in [0.15, 0.2) is 24.0 Å². The Morgan fingerprint density at radius 3 is 2.46 bits per heavy atom. The van der Waals surface area contributed by atoms with E-state index >= 15 is 0 Å². The van der Waals surface area contributed by atoms with Crippen LogP contribution < -0.4 is 0 Å². The van der Waals surface area contributed by atoms with Crippen molar-refractivity contribution in [1.82, 2.24) is 0 Å². The summed E-state index contributed by atoms with van der Waals surface area (Å²) >= 11 is 0. The van der Waals surface area contributed by atoms with E-state index in [0.29, 0.717) is 6.42 Å². The Bertz CT molecular complexity index is 250. The van der Waals surface area contributed by atoms with E-state index in [9.17, 15) is 9.59 Å². The molecule has 0 atom stereocenters. The SMILES string of the molecule is CCC(=O)/C=C/C(O)=C/C(=O)OC. The Morgan fingerprint density at radius 2 is 2.00 bits per heavy atom. The number of rotatable bonds is 4. The number of carbonyl (C=O) groups excluding carboxylic acids is 2. The zero-order valence-electron chi connectivity index (χ0n) is 7.61. The number of hydrogen-bond donors (Lipinski definition) is 1. The fourth-order valence-electron chi connectivity index (χ4n) is 0.524. The number of methoxy groups -OCH3 is 1. The number of aliphatic hydroxyl groups excluding tert-OH is 1. The Hall–Kier alpha value is -1.58. The molecule has 0 spiro atoms. The van der Waals surface area contributed by atoms with E-state index in [2.05, 4.69) is 4.74 Å². The van der Waals surface area contributed by atoms with Gasteiger partial charge in [-0.2, -0.15) is 0 Å². The van der Waals surface area contributed by atoms with Gasteiger partial charge in [-0.1, -0.05) is 6.92 Å². The highest BCUT2D eigenvalue weighted by Crippen LogP contribution is 1.93. The quantitative estimate of drug-likeness (QED) is 0.308. The number of ketones is 1. The maximum atomic E-state index is 10.7. The third kappa shape index (κ3) is 5.66. The lowest BCUT2D eigenvalue weighted by Gasteiger charge is -1.91. The molecule has 0 fully saturated rings. The molecule has 0 heterocycles. The smallest absolute Gasteiger partial charge is 0.334 e. The monoisotopic (exact) mass is 184 g/mol. The second-order valence-electron chi connectivity index (χ2n) is 2.25. The van der Waals surface area contributed by atoms with Crippen LogP contribution in [0.25, 0.3) is 0 Å². The average Bonchev–Trinajstić information content (AvgIpc) is 2.13. The summed E-state index contributed by atoms with van der Waals surface area (Å²) < 4.78 is 4.26. The Balaban J connectivity index is 4.21. The molecule has 0 bridgehead atoms. The number of aliphatic hydroxyl groups is 1. The van der Waals surface area contributed by atoms with Crippen molar-refractivity contribution in [1.29, 1.82) is 0 Å². The third-order valence-electron chi connectivity index (χ3n) is 1.26. The van der Waals surface area contributed by atoms with Crippen molar-refractivity contribution < 1.29 is 19.4 Å². The molecule has 0 saturated heterocycles. The number of hydrogen-bond acceptors (Lipinski definition) is 4. The lowest BCUT2D eigenvalue weighted by molar-refractivity contribution is -0.135. The molecule has 1 N–H and O–H groups in total. The van der Waals surface area contributed by atoms with Gasteiger partial charge in [-0.25, -0.2) is 4.79 Å². The van der Waals surface area contributed by atoms with Crippen molar-refractivity contribution in [2.24, 2.45) is 0 Å². The van der Waals surface area contributed by atoms with Crippen molar-refractivity contribution in [3.63, 3.8) is 0 Å². The summed E-state index contributed by atoms with van der Waals surface area (Å²) in [4.78, 5) is 21.3. The molecule has 0 aliphatic carbocycles. The molecule has 0 radical (unpaired) electrons. The average molecular weight is 184 g/mol. The predicted octanol–water partition coefficient (Wildman–Crippen LogP) is 1.14. The summed E-state index contributed by atoms with van der Waals surface area (Å²) in [5.41, 5.74) is 0. The van der Waals surface area contributed by atoms with Gasteiger partial charge < -0.3 is 9.84 Å². The van der Waals surface area contributed by atoms with Crippen molar-refractivity contribution in [2.75, 3.05) is 7.11 Å². The Labute approximate surface area is 76.5 Å². The molecule has 13 heavy (non-hydrogen) atoms. The topological polar surface area (TPSA) is 63.6 Å². The van der Waals surface area contributed by atoms with Gasteiger partial charge in [-0.3, -0.25) is 4.79 Å². The highest BCUT2D eigenvalue weighted by molar-refractivity contribution is 5.90. The molecule has 4 nitrogen and oxygen atoms in total. The van der Waals surface area contributed by atoms with Gasteiger partial charge in [0.15, 0.2) is 5.78 Å². The molecule has 0 saturated carbocycles. The van der Waals surface area contributed by atoms with Crippen molar-refractivity contribution in [2.45, 2.75) is 13.3 Å². The molecule has 0 aromatic carbocycles. The van der Waals surface area contributed by atoms with Crippen LogP contribution in [0.2, 0.25) is 0 Å². The van der Waals surface area contributed by atoms with E-state index in [1.165, 1.54) is 13.2 Å². The van der Waals surface area contributed by atoms with E-state index in [0.717, 1.165) is 12.2 Å². The van der Waals surface area contributed by atoms with Gasteiger partial charge in [-0.15, -0.1) is 0 Å². The van der Waals surface area contributed by atoms with Crippen LogP contribution in [-0.2, 0) is 14.3 Å². The Kier molecular flexibility index (Phi) is 5.27. The van der Waals surface area contributed by atoms with Crippen LogP contribution in [0.3, 0.4) is 0 Å². The number of carbonyl (C=O) groups is 2. The molecule has 0 amide bonds. The summed E-state index contributed by atoms with van der Waals surface area (Å²) in [5, 5.41) is 9.02. The van der Waals surface area contributed by atoms with Crippen LogP contribution in [0.5, 0.6) is 0 Å². The maximum absolute atomic E-state index is 10.7. The number of allylic oxidation sites excluding steroid dienone is 2. The normalized spacial score (nSPS) is 11.7. The first kappa shape index (κ1) is 11.4. The van der Waals surface area contributed by atoms with Crippen LogP contribution >= 0.6 is 0 Å². The molecule has 0 aromatic heterocycles. The van der Waals surface area contributed by atoms with Crippen LogP contribution in [-0.4, -0.2) is 24.0 Å². The fraction of sp³-hybridized carbons (Fsp3) is 0.333. The van der Waals surface area contributed by atoms with E-state index in [1.807, 2.05) is 0 Å². The molecule has 72 valence electrons. The molecule has 0 rings (SSSR count). The zero-order chi connectivity index (χ0) is 10.3. The predicted molar refractivity (Wildman–Crippen MR) is 47.2 cm³/mol. The van der Waals surface area contributed by atoms with Crippen molar-refractivity contribution >= 4 is 11.8 Å². The molecular formula is C9H12O4. The van der Waals surface area contributed by atoms with Gasteiger partial charge in [0, 0.05) is 6.42 Å². The van der Waals surface area contributed by atoms with Gasteiger partial charge in [0.25, 0.3) is 0 Å². The van der Waals surface area contributed by atoms with Gasteiger partial charge >= 0.3 is 5.97 Å². The fourth-order valence-corrected chi connectivity index (χ4v) is 0.524. The second-order valence-corrected chi connectivity index (χ2v) is 2.25. The summed E-state index contributed by atoms with van der Waals surface area (Å²) in [6.45, 7) is 1.70. The zero-order valence-corrected chi connectivity index (χ0v) is 7.61. The number of ether oxygens (including phenoxy) is 1. The molecule has 0 aliphatic heterocycles. The second kappa shape index (κ2) is 5.99. The highest BCUT2D eigenvalue weighted by atomic mass is 16.5. The molecular weight excluding hydrogens is 172 g/mol. The minimum atomic E-state index is -0.661. The van der Waals surface area contributed by atoms with E-state index in [4.69, 9.17) is 5.11 Å². The van der Waals surface area contributed by atoms with E-state index < -0.39 is 5.97 Å². The molecule has 0 aromatic rings. The van der Waals surface area contributed by atoms with Gasteiger partial charge in [-0.05, 0) is 12.2 Å². The first-order chi connectivity index (χ1) is 6.10. The van der Waals surface area contributed by atoms with E-state index in [-0.39, 0.29) is 11.5 Å². The summed E-state index contributed by atoms with van der Waals surface area (Å²) in [7, 11) is 1.20. The highest BCUT2D eigenvalue weighted by Gasteiger charge is 1.96. The van der Waals surface area contributed by atoms with Crippen molar-refractivity contribution in [3.8, 4) is 0 Å². The maximum Gasteiger partial charge on any atom is 0.334 e. The summed E-state index contributed by atoms with van der Waals surface area (Å²) in [6, 6.07) is 0. The van der Waals surface area contributed by atoms with Gasteiger partial charge in [0.05, 0.1) is 13.2 Å². The molecule has 0 unspecified atom stereocenters. The Morgan fingerprint density at radius 1 is 1.38 bits per heavy atom. The number of esters is 1. The summed E-state index contributed by atoms with van der Waals surface area (Å²) in [5.74, 6) is -1.08.